The number of carboxylic acids is 2. The number of aromatic amines is 1. The number of likely N-dealkylation sites (N-methyl/N-ethyl adjacent to an activating group) is 2. The summed E-state index contributed by atoms with van der Waals surface area (Å²) in [6, 6.07) is -1.39. The molecule has 29 heavy (non-hydrogen) atoms. The van der Waals surface area contributed by atoms with Gasteiger partial charge in [0, 0.05) is 25.6 Å². The number of nitrogens with one attached hydrogen (secondary N) is 2. The average Bonchev–Trinajstić information content (AvgIpc) is 3.08. The molecule has 2 atom stereocenters. The van der Waals surface area contributed by atoms with E-state index in [0.717, 1.165) is 0 Å². The molecule has 0 radical (unpaired) electrons. The van der Waals surface area contributed by atoms with Crippen LogP contribution in [-0.4, -0.2) is 96.0 Å². The second-order valence-corrected chi connectivity index (χ2v) is 8.70. The maximum Gasteiger partial charge on any atom is 0.321 e. The fourth-order valence-electron chi connectivity index (χ4n) is 2.44. The molecule has 0 amide bonds. The van der Waals surface area contributed by atoms with Crippen LogP contribution in [0.1, 0.15) is 12.1 Å². The van der Waals surface area contributed by atoms with E-state index >= 15 is 0 Å². The van der Waals surface area contributed by atoms with Gasteiger partial charge in [0.1, 0.15) is 22.1 Å². The summed E-state index contributed by atoms with van der Waals surface area (Å²) in [7, 11) is 11.1. The molecular formula is C17H28N6O4S2. The number of nitrogens with zero attached hydrogens (tertiary/aromatic N) is 4. The summed E-state index contributed by atoms with van der Waals surface area (Å²) in [5.41, 5.74) is 1.35. The SMILES string of the molecule is C=N/C(SSc1nc[nH]c1C[C@@H](C(=O)O)N(C)C)=C(/C[C@@H](C(=O)O)N(C)C)NC. The van der Waals surface area contributed by atoms with Gasteiger partial charge in [0.25, 0.3) is 0 Å². The third-order valence-corrected chi connectivity index (χ3v) is 6.52. The molecule has 0 unspecified atom stereocenters. The Hall–Kier alpha value is -2.02. The summed E-state index contributed by atoms with van der Waals surface area (Å²) < 4.78 is 0. The fourth-order valence-corrected chi connectivity index (χ4v) is 4.64. The lowest BCUT2D eigenvalue weighted by Gasteiger charge is -2.22. The molecule has 0 fully saturated rings. The molecule has 12 heteroatoms. The number of aliphatic imine (C=N–C) groups is 1. The highest BCUT2D eigenvalue weighted by atomic mass is 33.1. The number of carbonyl (C=O) groups is 2. The molecule has 1 heterocycles. The molecule has 0 aliphatic rings. The van der Waals surface area contributed by atoms with E-state index in [1.807, 2.05) is 0 Å². The van der Waals surface area contributed by atoms with E-state index in [0.29, 0.717) is 21.4 Å². The lowest BCUT2D eigenvalue weighted by atomic mass is 10.1. The van der Waals surface area contributed by atoms with Gasteiger partial charge in [-0.15, -0.1) is 0 Å². The monoisotopic (exact) mass is 444 g/mol. The molecule has 10 nitrogen and oxygen atoms in total. The minimum Gasteiger partial charge on any atom is -0.480 e. The predicted octanol–water partition coefficient (Wildman–Crippen LogP) is 1.20. The van der Waals surface area contributed by atoms with E-state index in [-0.39, 0.29) is 12.8 Å². The van der Waals surface area contributed by atoms with E-state index in [9.17, 15) is 19.8 Å². The normalized spacial score (nSPS) is 14.4. The van der Waals surface area contributed by atoms with E-state index < -0.39 is 24.0 Å². The lowest BCUT2D eigenvalue weighted by Crippen LogP contribution is -2.37. The Labute approximate surface area is 178 Å². The molecule has 0 bridgehead atoms. The summed E-state index contributed by atoms with van der Waals surface area (Å²) in [6.07, 6.45) is 2.02. The van der Waals surface area contributed by atoms with Crippen LogP contribution < -0.4 is 5.32 Å². The van der Waals surface area contributed by atoms with Crippen molar-refractivity contribution in [1.82, 2.24) is 25.1 Å². The number of imidazole rings is 1. The summed E-state index contributed by atoms with van der Waals surface area (Å²) in [4.78, 5) is 37.5. The first-order chi connectivity index (χ1) is 13.6. The standard InChI is InChI=1S/C17H28N6O4S2/c1-18-10(7-12(16(24)25)22(3)4)14(19-2)28-29-15-11(20-9-21-15)8-13(17(26)27)23(5)6/h9,12-13,18H,2,7-8H2,1,3-6H3,(H,20,21)(H,24,25)(H,26,27)/b14-10+/t12-,13-/m0/s1. The van der Waals surface area contributed by atoms with Gasteiger partial charge in [0.2, 0.25) is 0 Å². The number of aliphatic carboxylic acids is 2. The molecule has 0 aliphatic carbocycles. The molecule has 0 spiro atoms. The Bertz CT molecular complexity index is 750. The molecule has 0 saturated carbocycles. The fraction of sp³-hybridized carbons (Fsp3) is 0.529. The Morgan fingerprint density at radius 1 is 1.24 bits per heavy atom. The Kier molecular flexibility index (Phi) is 10.2. The Morgan fingerprint density at radius 3 is 2.28 bits per heavy atom. The first kappa shape index (κ1) is 25.0. The van der Waals surface area contributed by atoms with Gasteiger partial charge in [-0.25, -0.2) is 4.98 Å². The minimum atomic E-state index is -0.929. The van der Waals surface area contributed by atoms with Crippen LogP contribution in [-0.2, 0) is 16.0 Å². The molecule has 0 aliphatic heterocycles. The van der Waals surface area contributed by atoms with Crippen molar-refractivity contribution in [2.24, 2.45) is 4.99 Å². The number of hydrogen-bond acceptors (Lipinski definition) is 9. The Morgan fingerprint density at radius 2 is 1.83 bits per heavy atom. The zero-order valence-corrected chi connectivity index (χ0v) is 18.8. The molecule has 4 N–H and O–H groups in total. The van der Waals surface area contributed by atoms with Gasteiger partial charge < -0.3 is 20.5 Å². The zero-order valence-electron chi connectivity index (χ0n) is 17.2. The molecule has 0 aromatic carbocycles. The summed E-state index contributed by atoms with van der Waals surface area (Å²) >= 11 is 0. The number of rotatable bonds is 13. The molecule has 1 rings (SSSR count). The van der Waals surface area contributed by atoms with Gasteiger partial charge in [-0.3, -0.25) is 24.4 Å². The Balaban J connectivity index is 2.98. The quantitative estimate of drug-likeness (QED) is 0.260. The number of aromatic nitrogens is 2. The van der Waals surface area contributed by atoms with Crippen LogP contribution >= 0.6 is 21.6 Å². The minimum absolute atomic E-state index is 0.232. The molecule has 1 aromatic heterocycles. The second-order valence-electron chi connectivity index (χ2n) is 6.59. The van der Waals surface area contributed by atoms with Crippen molar-refractivity contribution in [3.05, 3.63) is 22.7 Å². The summed E-state index contributed by atoms with van der Waals surface area (Å²) in [5.74, 6) is -1.84. The maximum atomic E-state index is 11.5. The summed E-state index contributed by atoms with van der Waals surface area (Å²) in [6.45, 7) is 3.59. The predicted molar refractivity (Wildman–Crippen MR) is 116 cm³/mol. The van der Waals surface area contributed by atoms with Crippen LogP contribution in [0.5, 0.6) is 0 Å². The highest BCUT2D eigenvalue weighted by Crippen LogP contribution is 2.39. The zero-order chi connectivity index (χ0) is 22.1. The maximum absolute atomic E-state index is 11.5. The van der Waals surface area contributed by atoms with Crippen LogP contribution in [0.3, 0.4) is 0 Å². The van der Waals surface area contributed by atoms with Crippen LogP contribution in [0.4, 0.5) is 0 Å². The highest BCUT2D eigenvalue weighted by Gasteiger charge is 2.25. The molecule has 162 valence electrons. The van der Waals surface area contributed by atoms with E-state index in [1.54, 1.807) is 45.0 Å². The van der Waals surface area contributed by atoms with Crippen molar-refractivity contribution >= 4 is 40.2 Å². The summed E-state index contributed by atoms with van der Waals surface area (Å²) in [5, 5.41) is 23.0. The van der Waals surface area contributed by atoms with Crippen molar-refractivity contribution in [3.8, 4) is 0 Å². The molecule has 0 saturated heterocycles. The van der Waals surface area contributed by atoms with Gasteiger partial charge in [0.05, 0.1) is 12.0 Å². The largest absolute Gasteiger partial charge is 0.480 e. The van der Waals surface area contributed by atoms with Gasteiger partial charge in [-0.05, 0) is 56.5 Å². The first-order valence-electron chi connectivity index (χ1n) is 8.65. The van der Waals surface area contributed by atoms with Crippen molar-refractivity contribution in [3.63, 3.8) is 0 Å². The smallest absolute Gasteiger partial charge is 0.321 e. The van der Waals surface area contributed by atoms with Crippen LogP contribution in [0, 0.1) is 0 Å². The van der Waals surface area contributed by atoms with Gasteiger partial charge in [-0.1, -0.05) is 0 Å². The van der Waals surface area contributed by atoms with Gasteiger partial charge in [-0.2, -0.15) is 0 Å². The highest BCUT2D eigenvalue weighted by molar-refractivity contribution is 8.78. The van der Waals surface area contributed by atoms with Crippen LogP contribution in [0.25, 0.3) is 0 Å². The van der Waals surface area contributed by atoms with Gasteiger partial charge >= 0.3 is 11.9 Å². The molecule has 1 aromatic rings. The average molecular weight is 445 g/mol. The molecular weight excluding hydrogens is 416 g/mol. The third-order valence-electron chi connectivity index (χ3n) is 4.19. The first-order valence-corrected chi connectivity index (χ1v) is 10.8. The second kappa shape index (κ2) is 11.9. The van der Waals surface area contributed by atoms with Crippen molar-refractivity contribution in [2.45, 2.75) is 30.0 Å². The number of hydrogen-bond donors (Lipinski definition) is 4. The number of carboxylic acid groups (broad SMARTS) is 2. The van der Waals surface area contributed by atoms with E-state index in [1.165, 1.54) is 27.9 Å². The lowest BCUT2D eigenvalue weighted by molar-refractivity contribution is -0.143. The van der Waals surface area contributed by atoms with Crippen molar-refractivity contribution < 1.29 is 19.8 Å². The topological polar surface area (TPSA) is 134 Å². The van der Waals surface area contributed by atoms with Crippen molar-refractivity contribution in [1.29, 1.82) is 0 Å². The third kappa shape index (κ3) is 7.38. The van der Waals surface area contributed by atoms with E-state index in [4.69, 9.17) is 0 Å². The van der Waals surface area contributed by atoms with Crippen LogP contribution in [0.15, 0.2) is 27.1 Å². The number of H-pyrrole nitrogens is 1. The van der Waals surface area contributed by atoms with Crippen LogP contribution in [0.2, 0.25) is 0 Å². The van der Waals surface area contributed by atoms with Crippen molar-refractivity contribution in [2.75, 3.05) is 35.2 Å². The van der Waals surface area contributed by atoms with Gasteiger partial charge in [0.15, 0.2) is 0 Å². The van der Waals surface area contributed by atoms with E-state index in [2.05, 4.69) is 27.0 Å².